The number of benzene rings is 1. The zero-order valence-corrected chi connectivity index (χ0v) is 13.3. The van der Waals surface area contributed by atoms with Crippen molar-refractivity contribution in [3.05, 3.63) is 48.0 Å². The molecule has 1 fully saturated rings. The Labute approximate surface area is 129 Å². The maximum atomic E-state index is 5.91. The first-order valence-electron chi connectivity index (χ1n) is 8.41. The van der Waals surface area contributed by atoms with Gasteiger partial charge in [-0.25, -0.2) is 0 Å². The molecule has 0 radical (unpaired) electrons. The Kier molecular flexibility index (Phi) is 7.55. The lowest BCUT2D eigenvalue weighted by Crippen LogP contribution is -2.41. The summed E-state index contributed by atoms with van der Waals surface area (Å²) in [6.45, 7) is 6.27. The molecule has 0 aromatic heterocycles. The minimum absolute atomic E-state index is 0.428. The highest BCUT2D eigenvalue weighted by Gasteiger charge is 2.19. The minimum Gasteiger partial charge on any atom is -0.376 e. The van der Waals surface area contributed by atoms with Gasteiger partial charge in [0.05, 0.1) is 12.7 Å². The van der Waals surface area contributed by atoms with Crippen LogP contribution in [0.4, 0.5) is 0 Å². The average Bonchev–Trinajstić information content (AvgIpc) is 2.52. The molecule has 2 heteroatoms. The van der Waals surface area contributed by atoms with Crippen LogP contribution in [0.5, 0.6) is 0 Å². The topological polar surface area (TPSA) is 12.5 Å². The largest absolute Gasteiger partial charge is 0.376 e. The van der Waals surface area contributed by atoms with Gasteiger partial charge in [-0.1, -0.05) is 55.8 Å². The Morgan fingerprint density at radius 1 is 1.19 bits per heavy atom. The molecular formula is C19H29NO. The average molecular weight is 287 g/mol. The second kappa shape index (κ2) is 9.75. The van der Waals surface area contributed by atoms with Gasteiger partial charge in [-0.05, 0) is 31.2 Å². The molecule has 1 heterocycles. The van der Waals surface area contributed by atoms with Crippen molar-refractivity contribution in [1.29, 1.82) is 0 Å². The van der Waals surface area contributed by atoms with E-state index in [1.807, 2.05) is 0 Å². The highest BCUT2D eigenvalue weighted by molar-refractivity contribution is 5.14. The molecule has 0 aliphatic carbocycles. The Morgan fingerprint density at radius 3 is 2.86 bits per heavy atom. The van der Waals surface area contributed by atoms with E-state index in [0.717, 1.165) is 32.7 Å². The monoisotopic (exact) mass is 287 g/mol. The minimum atomic E-state index is 0.428. The lowest BCUT2D eigenvalue weighted by Gasteiger charge is -2.33. The highest BCUT2D eigenvalue weighted by atomic mass is 16.5. The number of unbranched alkanes of at least 4 members (excludes halogenated alkanes) is 2. The number of morpholine rings is 1. The van der Waals surface area contributed by atoms with Gasteiger partial charge in [-0.2, -0.15) is 0 Å². The number of rotatable bonds is 8. The molecule has 0 saturated carbocycles. The van der Waals surface area contributed by atoms with Crippen molar-refractivity contribution in [3.63, 3.8) is 0 Å². The van der Waals surface area contributed by atoms with E-state index in [4.69, 9.17) is 4.74 Å². The van der Waals surface area contributed by atoms with Gasteiger partial charge in [-0.15, -0.1) is 0 Å². The number of hydrogen-bond donors (Lipinski definition) is 0. The smallest absolute Gasteiger partial charge is 0.0702 e. The first kappa shape index (κ1) is 16.3. The fourth-order valence-electron chi connectivity index (χ4n) is 2.86. The van der Waals surface area contributed by atoms with Gasteiger partial charge in [0.15, 0.2) is 0 Å². The summed E-state index contributed by atoms with van der Waals surface area (Å²) in [5.41, 5.74) is 1.41. The number of ether oxygens (including phenoxy) is 1. The van der Waals surface area contributed by atoms with E-state index < -0.39 is 0 Å². The second-order valence-corrected chi connectivity index (χ2v) is 5.88. The summed E-state index contributed by atoms with van der Waals surface area (Å²) in [6, 6.07) is 10.8. The molecule has 21 heavy (non-hydrogen) atoms. The molecule has 1 aromatic carbocycles. The molecule has 0 spiro atoms. The fourth-order valence-corrected chi connectivity index (χ4v) is 2.86. The van der Waals surface area contributed by atoms with Crippen LogP contribution in [0.1, 0.15) is 44.6 Å². The van der Waals surface area contributed by atoms with Gasteiger partial charge in [0.1, 0.15) is 0 Å². The third kappa shape index (κ3) is 6.45. The normalized spacial score (nSPS) is 20.1. The summed E-state index contributed by atoms with van der Waals surface area (Å²) in [7, 11) is 0. The van der Waals surface area contributed by atoms with Crippen molar-refractivity contribution in [2.24, 2.45) is 0 Å². The van der Waals surface area contributed by atoms with Crippen LogP contribution in [0.3, 0.4) is 0 Å². The zero-order chi connectivity index (χ0) is 14.8. The summed E-state index contributed by atoms with van der Waals surface area (Å²) >= 11 is 0. The Balaban J connectivity index is 1.65. The van der Waals surface area contributed by atoms with Gasteiger partial charge >= 0.3 is 0 Å². The number of nitrogens with zero attached hydrogens (tertiary/aromatic N) is 1. The zero-order valence-electron chi connectivity index (χ0n) is 13.3. The van der Waals surface area contributed by atoms with Gasteiger partial charge in [0, 0.05) is 19.6 Å². The summed E-state index contributed by atoms with van der Waals surface area (Å²) in [5.74, 6) is 0. The van der Waals surface area contributed by atoms with Crippen LogP contribution in [-0.2, 0) is 11.3 Å². The van der Waals surface area contributed by atoms with Gasteiger partial charge < -0.3 is 4.74 Å². The fraction of sp³-hybridized carbons (Fsp3) is 0.579. The molecule has 1 aliphatic rings. The molecule has 1 saturated heterocycles. The first-order valence-corrected chi connectivity index (χ1v) is 8.41. The van der Waals surface area contributed by atoms with E-state index in [9.17, 15) is 0 Å². The maximum absolute atomic E-state index is 5.91. The van der Waals surface area contributed by atoms with E-state index >= 15 is 0 Å². The Bertz CT molecular complexity index is 401. The number of hydrogen-bond acceptors (Lipinski definition) is 2. The predicted molar refractivity (Wildman–Crippen MR) is 89.4 cm³/mol. The van der Waals surface area contributed by atoms with Gasteiger partial charge in [-0.3, -0.25) is 4.90 Å². The maximum Gasteiger partial charge on any atom is 0.0702 e. The number of allylic oxidation sites excluding steroid dienone is 2. The Morgan fingerprint density at radius 2 is 2.05 bits per heavy atom. The summed E-state index contributed by atoms with van der Waals surface area (Å²) in [5, 5.41) is 0. The van der Waals surface area contributed by atoms with E-state index in [-0.39, 0.29) is 0 Å². The molecule has 0 amide bonds. The van der Waals surface area contributed by atoms with Crippen molar-refractivity contribution in [3.8, 4) is 0 Å². The van der Waals surface area contributed by atoms with Gasteiger partial charge in [0.25, 0.3) is 0 Å². The van der Waals surface area contributed by atoms with Crippen molar-refractivity contribution < 1.29 is 4.74 Å². The van der Waals surface area contributed by atoms with E-state index in [1.54, 1.807) is 0 Å². The molecule has 2 rings (SSSR count). The standard InChI is InChI=1S/C19H29NO/c1-2-3-4-5-6-10-13-19-17-20(14-15-21-19)16-18-11-8-7-9-12-18/h3-4,7-9,11-12,19H,2,5-6,10,13-17H2,1H3/b4-3+/t19-/m1/s1. The van der Waals surface area contributed by atoms with Crippen molar-refractivity contribution in [1.82, 2.24) is 4.90 Å². The van der Waals surface area contributed by atoms with E-state index in [2.05, 4.69) is 54.3 Å². The lowest BCUT2D eigenvalue weighted by molar-refractivity contribution is -0.0357. The summed E-state index contributed by atoms with van der Waals surface area (Å²) in [6.07, 6.45) is 11.1. The quantitative estimate of drug-likeness (QED) is 0.518. The van der Waals surface area contributed by atoms with E-state index in [0.29, 0.717) is 6.10 Å². The van der Waals surface area contributed by atoms with Crippen LogP contribution in [0.15, 0.2) is 42.5 Å². The van der Waals surface area contributed by atoms with Gasteiger partial charge in [0.2, 0.25) is 0 Å². The van der Waals surface area contributed by atoms with Crippen molar-refractivity contribution >= 4 is 0 Å². The summed E-state index contributed by atoms with van der Waals surface area (Å²) in [4.78, 5) is 2.53. The Hall–Kier alpha value is -1.12. The molecule has 1 aliphatic heterocycles. The van der Waals surface area contributed by atoms with E-state index in [1.165, 1.54) is 31.2 Å². The van der Waals surface area contributed by atoms with Crippen LogP contribution >= 0.6 is 0 Å². The molecule has 1 aromatic rings. The van der Waals surface area contributed by atoms with Crippen molar-refractivity contribution in [2.75, 3.05) is 19.7 Å². The molecule has 0 unspecified atom stereocenters. The third-order valence-corrected chi connectivity index (χ3v) is 4.02. The molecule has 0 N–H and O–H groups in total. The molecule has 1 atom stereocenters. The molecule has 116 valence electrons. The molecule has 0 bridgehead atoms. The van der Waals surface area contributed by atoms with Crippen LogP contribution < -0.4 is 0 Å². The second-order valence-electron chi connectivity index (χ2n) is 5.88. The lowest BCUT2D eigenvalue weighted by atomic mass is 10.1. The van der Waals surface area contributed by atoms with Crippen LogP contribution in [0.25, 0.3) is 0 Å². The first-order chi connectivity index (χ1) is 10.4. The summed E-state index contributed by atoms with van der Waals surface area (Å²) < 4.78 is 5.91. The highest BCUT2D eigenvalue weighted by Crippen LogP contribution is 2.15. The third-order valence-electron chi connectivity index (χ3n) is 4.02. The SMILES string of the molecule is CC/C=C/CCCC[C@@H]1CN(Cc2ccccc2)CCO1. The van der Waals surface area contributed by atoms with Crippen LogP contribution in [0, 0.1) is 0 Å². The van der Waals surface area contributed by atoms with Crippen LogP contribution in [-0.4, -0.2) is 30.7 Å². The predicted octanol–water partition coefficient (Wildman–Crippen LogP) is 4.41. The van der Waals surface area contributed by atoms with Crippen LogP contribution in [0.2, 0.25) is 0 Å². The molecular weight excluding hydrogens is 258 g/mol. The molecule has 2 nitrogen and oxygen atoms in total. The van der Waals surface area contributed by atoms with Crippen molar-refractivity contribution in [2.45, 2.75) is 51.7 Å².